The molecule has 0 spiro atoms. The van der Waals surface area contributed by atoms with Crippen LogP contribution in [0.15, 0.2) is 0 Å². The molecule has 140 valence electrons. The van der Waals surface area contributed by atoms with Gasteiger partial charge in [0.25, 0.3) is 0 Å². The molecular formula is C6H5F8O7S2-. The summed E-state index contributed by atoms with van der Waals surface area (Å²) in [5, 5.41) is 0. The maximum atomic E-state index is 13.0. The van der Waals surface area contributed by atoms with E-state index in [0.717, 1.165) is 0 Å². The molecule has 7 nitrogen and oxygen atoms in total. The van der Waals surface area contributed by atoms with Gasteiger partial charge in [-0.3, -0.25) is 8.74 Å². The van der Waals surface area contributed by atoms with E-state index in [9.17, 15) is 52.3 Å². The van der Waals surface area contributed by atoms with Gasteiger partial charge in [0.15, 0.2) is 0 Å². The summed E-state index contributed by atoms with van der Waals surface area (Å²) >= 11 is -3.84. The van der Waals surface area contributed by atoms with Gasteiger partial charge >= 0.3 is 34.1 Å². The van der Waals surface area contributed by atoms with E-state index in [2.05, 4.69) is 8.37 Å². The van der Waals surface area contributed by atoms with E-state index in [1.807, 2.05) is 0 Å². The molecule has 0 radical (unpaired) electrons. The molecule has 0 aliphatic rings. The van der Waals surface area contributed by atoms with Gasteiger partial charge in [0.2, 0.25) is 0 Å². The largest absolute Gasteiger partial charge is 0.750 e. The van der Waals surface area contributed by atoms with Crippen LogP contribution in [0, 0.1) is 0 Å². The predicted octanol–water partition coefficient (Wildman–Crippen LogP) is 1.16. The van der Waals surface area contributed by atoms with Crippen molar-refractivity contribution in [2.45, 2.75) is 23.7 Å². The molecular weight excluding hydrogens is 400 g/mol. The zero-order valence-corrected chi connectivity index (χ0v) is 11.8. The topological polar surface area (TPSA) is 113 Å². The van der Waals surface area contributed by atoms with Crippen molar-refractivity contribution in [3.8, 4) is 0 Å². The fourth-order valence-corrected chi connectivity index (χ4v) is 1.45. The molecule has 0 bridgehead atoms. The Labute approximate surface area is 125 Å². The summed E-state index contributed by atoms with van der Waals surface area (Å²) in [6.45, 7) is -6.00. The Morgan fingerprint density at radius 3 is 1.57 bits per heavy atom. The van der Waals surface area contributed by atoms with Gasteiger partial charge in [0, 0.05) is 0 Å². The third kappa shape index (κ3) is 5.18. The van der Waals surface area contributed by atoms with Crippen LogP contribution in [-0.2, 0) is 30.1 Å². The number of rotatable bonds is 9. The molecule has 0 rings (SSSR count). The maximum absolute atomic E-state index is 13.0. The highest BCUT2D eigenvalue weighted by molar-refractivity contribution is 7.80. The van der Waals surface area contributed by atoms with Crippen molar-refractivity contribution in [1.29, 1.82) is 0 Å². The third-order valence-corrected chi connectivity index (χ3v) is 2.76. The highest BCUT2D eigenvalue weighted by Gasteiger charge is 2.80. The maximum Gasteiger partial charge on any atom is 0.397 e. The summed E-state index contributed by atoms with van der Waals surface area (Å²) in [7, 11) is -5.77. The molecule has 0 aromatic rings. The predicted molar refractivity (Wildman–Crippen MR) is 52.2 cm³/mol. The summed E-state index contributed by atoms with van der Waals surface area (Å²) in [6, 6.07) is 0. The van der Waals surface area contributed by atoms with Crippen LogP contribution in [0.1, 0.15) is 0 Å². The Morgan fingerprint density at radius 1 is 0.913 bits per heavy atom. The molecule has 0 amide bonds. The van der Waals surface area contributed by atoms with Crippen molar-refractivity contribution in [2.24, 2.45) is 0 Å². The average molecular weight is 405 g/mol. The Bertz CT molecular complexity index is 547. The zero-order valence-electron chi connectivity index (χ0n) is 10.2. The van der Waals surface area contributed by atoms with E-state index in [-0.39, 0.29) is 0 Å². The van der Waals surface area contributed by atoms with Gasteiger partial charge in [-0.1, -0.05) is 0 Å². The lowest BCUT2D eigenvalue weighted by atomic mass is 9.99. The van der Waals surface area contributed by atoms with Crippen LogP contribution in [-0.4, -0.2) is 58.6 Å². The molecule has 17 heteroatoms. The number of alkyl halides is 8. The van der Waals surface area contributed by atoms with Crippen LogP contribution in [0.25, 0.3) is 0 Å². The molecule has 0 aliphatic heterocycles. The van der Waals surface area contributed by atoms with Crippen LogP contribution in [0.5, 0.6) is 0 Å². The molecule has 1 atom stereocenters. The molecule has 23 heavy (non-hydrogen) atoms. The van der Waals surface area contributed by atoms with E-state index in [0.29, 0.717) is 0 Å². The molecule has 1 N–H and O–H groups in total. The fourth-order valence-electron chi connectivity index (χ4n) is 0.911. The second-order valence-electron chi connectivity index (χ2n) is 3.71. The van der Waals surface area contributed by atoms with Crippen LogP contribution in [0.3, 0.4) is 0 Å². The first kappa shape index (κ1) is 22.4. The number of hydrogen-bond acceptors (Lipinski definition) is 6. The van der Waals surface area contributed by atoms with Crippen LogP contribution < -0.4 is 0 Å². The Morgan fingerprint density at radius 2 is 1.26 bits per heavy atom. The third-order valence-electron chi connectivity index (χ3n) is 2.04. The van der Waals surface area contributed by atoms with Gasteiger partial charge in [-0.25, -0.2) is 8.39 Å². The first-order chi connectivity index (χ1) is 9.87. The molecule has 0 saturated heterocycles. The molecule has 0 aromatic carbocycles. The summed E-state index contributed by atoms with van der Waals surface area (Å²) < 4.78 is 157. The summed E-state index contributed by atoms with van der Waals surface area (Å²) in [5.74, 6) is -26.1. The lowest BCUT2D eigenvalue weighted by molar-refractivity contribution is -0.371. The average Bonchev–Trinajstić information content (AvgIpc) is 2.32. The highest BCUT2D eigenvalue weighted by Crippen LogP contribution is 2.52. The van der Waals surface area contributed by atoms with E-state index in [1.165, 1.54) is 0 Å². The van der Waals surface area contributed by atoms with E-state index in [1.54, 1.807) is 0 Å². The van der Waals surface area contributed by atoms with Crippen molar-refractivity contribution in [3.05, 3.63) is 0 Å². The minimum absolute atomic E-state index is 2.78. The van der Waals surface area contributed by atoms with Gasteiger partial charge in [-0.05, 0) is 0 Å². The SMILES string of the molecule is O=S([O-])OCC(F)(F)C(F)(F)C(F)(F)C(F)(F)COS(=O)(=O)O. The quantitative estimate of drug-likeness (QED) is 0.348. The normalized spacial score (nSPS) is 16.4. The smallest absolute Gasteiger partial charge is 0.397 e. The summed E-state index contributed by atoms with van der Waals surface area (Å²) in [5.41, 5.74) is 0. The van der Waals surface area contributed by atoms with Gasteiger partial charge in [-0.2, -0.15) is 43.5 Å². The van der Waals surface area contributed by atoms with E-state index in [4.69, 9.17) is 4.55 Å². The first-order valence-electron chi connectivity index (χ1n) is 4.73. The van der Waals surface area contributed by atoms with Gasteiger partial charge in [0.1, 0.15) is 13.2 Å². The lowest BCUT2D eigenvalue weighted by Gasteiger charge is -2.36. The first-order valence-corrected chi connectivity index (χ1v) is 7.09. The zero-order chi connectivity index (χ0) is 18.9. The molecule has 0 saturated carbocycles. The Kier molecular flexibility index (Phi) is 6.53. The minimum atomic E-state index is -6.91. The van der Waals surface area contributed by atoms with E-state index < -0.39 is 58.7 Å². The van der Waals surface area contributed by atoms with Crippen LogP contribution in [0.2, 0.25) is 0 Å². The van der Waals surface area contributed by atoms with Gasteiger partial charge in [0.05, 0.1) is 11.4 Å². The standard InChI is InChI=1S/C6H6F8O7S2/c7-3(8,1-20-22(15)16)5(11,12)6(13,14)4(9,10)2-21-23(17,18)19/h1-2H2,(H,15,16)(H,17,18,19)/p-1. The highest BCUT2D eigenvalue weighted by atomic mass is 32.3. The fraction of sp³-hybridized carbons (Fsp3) is 1.00. The molecule has 0 heterocycles. The minimum Gasteiger partial charge on any atom is -0.750 e. The van der Waals surface area contributed by atoms with Crippen molar-refractivity contribution in [3.63, 3.8) is 0 Å². The summed E-state index contributed by atoms with van der Waals surface area (Å²) in [6.07, 6.45) is 0. The van der Waals surface area contributed by atoms with Crippen molar-refractivity contribution < 1.29 is 65.2 Å². The van der Waals surface area contributed by atoms with Gasteiger partial charge in [-0.15, -0.1) is 0 Å². The number of hydrogen-bond donors (Lipinski definition) is 1. The van der Waals surface area contributed by atoms with E-state index >= 15 is 0 Å². The second kappa shape index (κ2) is 6.71. The van der Waals surface area contributed by atoms with Crippen molar-refractivity contribution >= 4 is 21.8 Å². The molecule has 0 aliphatic carbocycles. The van der Waals surface area contributed by atoms with Crippen molar-refractivity contribution in [1.82, 2.24) is 0 Å². The van der Waals surface area contributed by atoms with Crippen LogP contribution >= 0.6 is 0 Å². The molecule has 0 aromatic heterocycles. The molecule has 1 unspecified atom stereocenters. The van der Waals surface area contributed by atoms with Crippen molar-refractivity contribution in [2.75, 3.05) is 13.2 Å². The Hall–Kier alpha value is -0.620. The monoisotopic (exact) mass is 405 g/mol. The lowest BCUT2D eigenvalue weighted by Crippen LogP contribution is -2.64. The Balaban J connectivity index is 5.53. The van der Waals surface area contributed by atoms with Gasteiger partial charge < -0.3 is 4.55 Å². The van der Waals surface area contributed by atoms with Crippen LogP contribution in [0.4, 0.5) is 35.1 Å². The number of halogens is 8. The molecule has 0 fully saturated rings. The summed E-state index contributed by atoms with van der Waals surface area (Å²) in [4.78, 5) is 0. The second-order valence-corrected chi connectivity index (χ2v) is 5.45.